The van der Waals surface area contributed by atoms with Crippen LogP contribution in [-0.2, 0) is 9.53 Å². The number of likely N-dealkylation sites (tertiary alicyclic amines) is 1. The number of hydrogen-bond donors (Lipinski definition) is 0. The quantitative estimate of drug-likeness (QED) is 0.784. The first-order valence-electron chi connectivity index (χ1n) is 6.02. The summed E-state index contributed by atoms with van der Waals surface area (Å²) >= 11 is 1.45. The zero-order valence-electron chi connectivity index (χ0n) is 9.84. The summed E-state index contributed by atoms with van der Waals surface area (Å²) in [4.78, 5) is 14.9. The maximum atomic E-state index is 12.7. The van der Waals surface area contributed by atoms with Gasteiger partial charge in [-0.15, -0.1) is 11.8 Å². The topological polar surface area (TPSA) is 29.5 Å². The molecule has 0 spiro atoms. The van der Waals surface area contributed by atoms with Gasteiger partial charge in [0.1, 0.15) is 5.82 Å². The van der Waals surface area contributed by atoms with Crippen LogP contribution >= 0.6 is 11.8 Å². The van der Waals surface area contributed by atoms with E-state index in [1.807, 2.05) is 4.90 Å². The highest BCUT2D eigenvalue weighted by atomic mass is 32.2. The maximum Gasteiger partial charge on any atom is 0.233 e. The van der Waals surface area contributed by atoms with E-state index in [1.54, 1.807) is 12.1 Å². The van der Waals surface area contributed by atoms with E-state index in [2.05, 4.69) is 0 Å². The molecule has 3 rings (SSSR count). The molecule has 2 bridgehead atoms. The van der Waals surface area contributed by atoms with Gasteiger partial charge in [0.05, 0.1) is 24.5 Å². The fourth-order valence-corrected chi connectivity index (χ4v) is 3.25. The number of carbonyl (C=O) groups excluding carboxylic acids is 1. The first-order valence-corrected chi connectivity index (χ1v) is 7.00. The lowest BCUT2D eigenvalue weighted by atomic mass is 10.2. The molecule has 2 aliphatic heterocycles. The predicted octanol–water partition coefficient (Wildman–Crippen LogP) is 1.92. The van der Waals surface area contributed by atoms with E-state index in [-0.39, 0.29) is 23.9 Å². The van der Waals surface area contributed by atoms with Crippen molar-refractivity contribution >= 4 is 17.7 Å². The summed E-state index contributed by atoms with van der Waals surface area (Å²) in [5.41, 5.74) is 0. The molecule has 2 aliphatic rings. The van der Waals surface area contributed by atoms with Crippen LogP contribution in [0.25, 0.3) is 0 Å². The van der Waals surface area contributed by atoms with Gasteiger partial charge in [-0.1, -0.05) is 0 Å². The van der Waals surface area contributed by atoms with E-state index in [1.165, 1.54) is 23.9 Å². The normalized spacial score (nSPS) is 25.7. The minimum Gasteiger partial charge on any atom is -0.374 e. The monoisotopic (exact) mass is 267 g/mol. The Labute approximate surface area is 109 Å². The highest BCUT2D eigenvalue weighted by molar-refractivity contribution is 8.00. The molecule has 2 fully saturated rings. The van der Waals surface area contributed by atoms with Crippen molar-refractivity contribution in [2.24, 2.45) is 0 Å². The second kappa shape index (κ2) is 4.90. The van der Waals surface area contributed by atoms with Crippen LogP contribution in [0.15, 0.2) is 29.2 Å². The van der Waals surface area contributed by atoms with E-state index in [0.717, 1.165) is 17.9 Å². The number of morpholine rings is 1. The third-order valence-electron chi connectivity index (χ3n) is 3.40. The number of nitrogens with zero attached hydrogens (tertiary/aromatic N) is 1. The van der Waals surface area contributed by atoms with Crippen LogP contribution in [0.5, 0.6) is 0 Å². The molecule has 2 atom stereocenters. The minimum absolute atomic E-state index is 0.153. The number of rotatable bonds is 3. The lowest BCUT2D eigenvalue weighted by Gasteiger charge is -2.26. The number of ether oxygens (including phenoxy) is 1. The van der Waals surface area contributed by atoms with Crippen LogP contribution in [0.2, 0.25) is 0 Å². The molecule has 1 aromatic rings. The minimum atomic E-state index is -0.250. The van der Waals surface area contributed by atoms with Crippen molar-refractivity contribution in [3.05, 3.63) is 30.1 Å². The smallest absolute Gasteiger partial charge is 0.233 e. The SMILES string of the molecule is O=C(CSc1ccc(F)cc1)N1CC2CC1CO2. The van der Waals surface area contributed by atoms with Crippen LogP contribution in [0.1, 0.15) is 6.42 Å². The van der Waals surface area contributed by atoms with Crippen LogP contribution < -0.4 is 0 Å². The van der Waals surface area contributed by atoms with Crippen molar-refractivity contribution in [2.75, 3.05) is 18.9 Å². The largest absolute Gasteiger partial charge is 0.374 e. The van der Waals surface area contributed by atoms with Crippen molar-refractivity contribution in [1.29, 1.82) is 0 Å². The Morgan fingerprint density at radius 1 is 1.44 bits per heavy atom. The number of carbonyl (C=O) groups is 1. The first kappa shape index (κ1) is 12.0. The van der Waals surface area contributed by atoms with Gasteiger partial charge in [0.2, 0.25) is 5.91 Å². The fraction of sp³-hybridized carbons (Fsp3) is 0.462. The van der Waals surface area contributed by atoms with Crippen LogP contribution in [0, 0.1) is 5.82 Å². The number of hydrogen-bond acceptors (Lipinski definition) is 3. The lowest BCUT2D eigenvalue weighted by molar-refractivity contribution is -0.132. The molecule has 0 saturated carbocycles. The molecule has 18 heavy (non-hydrogen) atoms. The van der Waals surface area contributed by atoms with Crippen molar-refractivity contribution in [3.63, 3.8) is 0 Å². The van der Waals surface area contributed by atoms with E-state index in [0.29, 0.717) is 12.4 Å². The number of halogens is 1. The Bertz CT molecular complexity index is 451. The van der Waals surface area contributed by atoms with Crippen molar-refractivity contribution in [3.8, 4) is 0 Å². The molecule has 96 valence electrons. The van der Waals surface area contributed by atoms with E-state index < -0.39 is 0 Å². The summed E-state index contributed by atoms with van der Waals surface area (Å²) < 4.78 is 18.2. The van der Waals surface area contributed by atoms with Crippen molar-refractivity contribution in [2.45, 2.75) is 23.5 Å². The maximum absolute atomic E-state index is 12.7. The summed E-state index contributed by atoms with van der Waals surface area (Å²) in [6.07, 6.45) is 1.22. The Kier molecular flexibility index (Phi) is 3.26. The molecule has 1 aromatic carbocycles. The summed E-state index contributed by atoms with van der Waals surface area (Å²) in [7, 11) is 0. The lowest BCUT2D eigenvalue weighted by Crippen LogP contribution is -2.42. The molecular formula is C13H14FNO2S. The molecule has 0 aromatic heterocycles. The molecule has 0 radical (unpaired) electrons. The average Bonchev–Trinajstić information content (AvgIpc) is 3.00. The van der Waals surface area contributed by atoms with Gasteiger partial charge in [-0.25, -0.2) is 4.39 Å². The van der Waals surface area contributed by atoms with Gasteiger partial charge < -0.3 is 9.64 Å². The van der Waals surface area contributed by atoms with E-state index in [9.17, 15) is 9.18 Å². The molecule has 3 nitrogen and oxygen atoms in total. The van der Waals surface area contributed by atoms with Gasteiger partial charge in [0, 0.05) is 11.4 Å². The molecule has 1 amide bonds. The van der Waals surface area contributed by atoms with Gasteiger partial charge in [-0.2, -0.15) is 0 Å². The number of amides is 1. The third kappa shape index (κ3) is 2.37. The average molecular weight is 267 g/mol. The van der Waals surface area contributed by atoms with Crippen LogP contribution in [0.4, 0.5) is 4.39 Å². The second-order valence-corrected chi connectivity index (χ2v) is 5.68. The van der Waals surface area contributed by atoms with E-state index in [4.69, 9.17) is 4.74 Å². The highest BCUT2D eigenvalue weighted by Gasteiger charge is 2.41. The second-order valence-electron chi connectivity index (χ2n) is 4.63. The Morgan fingerprint density at radius 3 is 2.83 bits per heavy atom. The Hall–Kier alpha value is -1.07. The summed E-state index contributed by atoms with van der Waals surface area (Å²) in [6, 6.07) is 6.51. The number of benzene rings is 1. The molecular weight excluding hydrogens is 253 g/mol. The van der Waals surface area contributed by atoms with Gasteiger partial charge >= 0.3 is 0 Å². The van der Waals surface area contributed by atoms with Gasteiger partial charge in [0.25, 0.3) is 0 Å². The Balaban J connectivity index is 1.54. The standard InChI is InChI=1S/C13H14FNO2S/c14-9-1-3-12(4-2-9)18-8-13(16)15-6-11-5-10(15)7-17-11/h1-4,10-11H,5-8H2. The van der Waals surface area contributed by atoms with Gasteiger partial charge in [-0.05, 0) is 30.7 Å². The molecule has 5 heteroatoms. The fourth-order valence-electron chi connectivity index (χ4n) is 2.46. The summed E-state index contributed by atoms with van der Waals surface area (Å²) in [5.74, 6) is 0.314. The first-order chi connectivity index (χ1) is 8.72. The zero-order valence-corrected chi connectivity index (χ0v) is 10.7. The van der Waals surface area contributed by atoms with Gasteiger partial charge in [-0.3, -0.25) is 4.79 Å². The molecule has 0 aliphatic carbocycles. The summed E-state index contributed by atoms with van der Waals surface area (Å²) in [6.45, 7) is 1.41. The Morgan fingerprint density at radius 2 is 2.22 bits per heavy atom. The van der Waals surface area contributed by atoms with Crippen LogP contribution in [-0.4, -0.2) is 41.9 Å². The van der Waals surface area contributed by atoms with Crippen molar-refractivity contribution < 1.29 is 13.9 Å². The molecule has 0 N–H and O–H groups in total. The summed E-state index contributed by atoms with van der Waals surface area (Å²) in [5, 5.41) is 0. The van der Waals surface area contributed by atoms with E-state index >= 15 is 0 Å². The van der Waals surface area contributed by atoms with Crippen LogP contribution in [0.3, 0.4) is 0 Å². The third-order valence-corrected chi connectivity index (χ3v) is 4.39. The number of thioether (sulfide) groups is 1. The zero-order chi connectivity index (χ0) is 12.5. The highest BCUT2D eigenvalue weighted by Crippen LogP contribution is 2.29. The molecule has 2 heterocycles. The molecule has 2 unspecified atom stereocenters. The van der Waals surface area contributed by atoms with Crippen molar-refractivity contribution in [1.82, 2.24) is 4.90 Å². The predicted molar refractivity (Wildman–Crippen MR) is 67.0 cm³/mol. The number of fused-ring (bicyclic) bond motifs is 2. The van der Waals surface area contributed by atoms with Gasteiger partial charge in [0.15, 0.2) is 0 Å². The molecule has 2 saturated heterocycles.